The van der Waals surface area contributed by atoms with E-state index in [2.05, 4.69) is 0 Å². The average molecular weight is 294 g/mol. The van der Waals surface area contributed by atoms with Crippen molar-refractivity contribution in [1.82, 2.24) is 0 Å². The summed E-state index contributed by atoms with van der Waals surface area (Å²) in [5.74, 6) is 1.43. The number of hydrogen-bond acceptors (Lipinski definition) is 4. The molecule has 1 aliphatic heterocycles. The topological polar surface area (TPSA) is 47.9 Å². The van der Waals surface area contributed by atoms with Crippen LogP contribution < -0.4 is 9.47 Å². The summed E-state index contributed by atoms with van der Waals surface area (Å²) in [5.41, 5.74) is 0.309. The number of aliphatic hydroxyl groups is 1. The Hall–Kier alpha value is -1.26. The van der Waals surface area contributed by atoms with E-state index in [0.29, 0.717) is 25.4 Å². The number of ether oxygens (including phenoxy) is 3. The molecule has 0 aliphatic carbocycles. The quantitative estimate of drug-likeness (QED) is 0.864. The van der Waals surface area contributed by atoms with E-state index in [1.165, 1.54) is 0 Å². The lowest BCUT2D eigenvalue weighted by atomic mass is 9.92. The minimum absolute atomic E-state index is 0.156. The maximum absolute atomic E-state index is 10.2. The highest BCUT2D eigenvalue weighted by Crippen LogP contribution is 2.40. The highest BCUT2D eigenvalue weighted by Gasteiger charge is 2.32. The van der Waals surface area contributed by atoms with Crippen LogP contribution in [0, 0.1) is 0 Å². The molecule has 1 unspecified atom stereocenters. The van der Waals surface area contributed by atoms with Crippen LogP contribution in [-0.2, 0) is 4.74 Å². The zero-order valence-electron chi connectivity index (χ0n) is 13.6. The van der Waals surface area contributed by atoms with Gasteiger partial charge in [-0.05, 0) is 46.8 Å². The van der Waals surface area contributed by atoms with Gasteiger partial charge in [0, 0.05) is 18.1 Å². The summed E-state index contributed by atoms with van der Waals surface area (Å²) in [7, 11) is 0. The second-order valence-corrected chi connectivity index (χ2v) is 7.09. The predicted octanol–water partition coefficient (Wildman–Crippen LogP) is 3.48. The van der Waals surface area contributed by atoms with Gasteiger partial charge in [-0.1, -0.05) is 0 Å². The second-order valence-electron chi connectivity index (χ2n) is 7.09. The van der Waals surface area contributed by atoms with Crippen LogP contribution in [0.2, 0.25) is 0 Å². The van der Waals surface area contributed by atoms with Crippen molar-refractivity contribution in [3.8, 4) is 11.5 Å². The first-order chi connectivity index (χ1) is 9.66. The minimum atomic E-state index is -0.484. The van der Waals surface area contributed by atoms with Crippen molar-refractivity contribution in [2.24, 2.45) is 0 Å². The summed E-state index contributed by atoms with van der Waals surface area (Å²) < 4.78 is 17.2. The Kier molecular flexibility index (Phi) is 4.49. The first-order valence-corrected chi connectivity index (χ1v) is 7.44. The molecule has 0 radical (unpaired) electrons. The fraction of sp³-hybridized carbons (Fsp3) is 0.647. The molecule has 21 heavy (non-hydrogen) atoms. The Balaban J connectivity index is 1.98. The maximum Gasteiger partial charge on any atom is 0.129 e. The monoisotopic (exact) mass is 294 g/mol. The van der Waals surface area contributed by atoms with E-state index in [4.69, 9.17) is 14.2 Å². The molecule has 0 aromatic heterocycles. The third-order valence-corrected chi connectivity index (χ3v) is 3.30. The largest absolute Gasteiger partial charge is 0.491 e. The summed E-state index contributed by atoms with van der Waals surface area (Å²) in [6, 6.07) is 5.58. The fourth-order valence-electron chi connectivity index (χ4n) is 2.39. The van der Waals surface area contributed by atoms with Crippen molar-refractivity contribution in [2.75, 3.05) is 13.2 Å². The van der Waals surface area contributed by atoms with E-state index >= 15 is 0 Å². The molecule has 1 aromatic rings. The van der Waals surface area contributed by atoms with Crippen LogP contribution in [0.5, 0.6) is 11.5 Å². The lowest BCUT2D eigenvalue weighted by Gasteiger charge is -2.35. The lowest BCUT2D eigenvalue weighted by Crippen LogP contribution is -2.34. The average Bonchev–Trinajstić information content (AvgIpc) is 2.31. The number of hydrogen-bond donors (Lipinski definition) is 1. The molecule has 2 rings (SSSR count). The van der Waals surface area contributed by atoms with Crippen molar-refractivity contribution in [3.63, 3.8) is 0 Å². The summed E-state index contributed by atoms with van der Waals surface area (Å²) in [6.45, 7) is 11.0. The third kappa shape index (κ3) is 4.61. The van der Waals surface area contributed by atoms with Crippen molar-refractivity contribution >= 4 is 0 Å². The first-order valence-electron chi connectivity index (χ1n) is 7.44. The van der Waals surface area contributed by atoms with E-state index in [0.717, 1.165) is 11.3 Å². The van der Waals surface area contributed by atoms with Crippen LogP contribution in [0.15, 0.2) is 18.2 Å². The molecule has 0 spiro atoms. The highest BCUT2D eigenvalue weighted by atomic mass is 16.5. The molecule has 4 heteroatoms. The zero-order chi connectivity index (χ0) is 15.7. The van der Waals surface area contributed by atoms with Crippen LogP contribution >= 0.6 is 0 Å². The van der Waals surface area contributed by atoms with Gasteiger partial charge in [-0.3, -0.25) is 0 Å². The Bertz CT molecular complexity index is 488. The van der Waals surface area contributed by atoms with E-state index in [1.54, 1.807) is 0 Å². The fourth-order valence-corrected chi connectivity index (χ4v) is 2.39. The Labute approximate surface area is 127 Å². The van der Waals surface area contributed by atoms with E-state index in [-0.39, 0.29) is 11.2 Å². The standard InChI is InChI=1S/C17H26O4/c1-16(2,3)20-9-8-19-12-6-7-13-14(18)11-17(4,5)21-15(13)10-12/h6-7,10,14,18H,8-9,11H2,1-5H3. The molecule has 0 saturated carbocycles. The summed E-state index contributed by atoms with van der Waals surface area (Å²) >= 11 is 0. The van der Waals surface area contributed by atoms with E-state index in [9.17, 15) is 5.11 Å². The molecule has 1 heterocycles. The number of rotatable bonds is 4. The summed E-state index contributed by atoms with van der Waals surface area (Å²) in [5, 5.41) is 10.2. The van der Waals surface area contributed by atoms with Crippen LogP contribution in [0.25, 0.3) is 0 Å². The van der Waals surface area contributed by atoms with Crippen molar-refractivity contribution in [3.05, 3.63) is 23.8 Å². The molecule has 4 nitrogen and oxygen atoms in total. The van der Waals surface area contributed by atoms with Gasteiger partial charge >= 0.3 is 0 Å². The number of fused-ring (bicyclic) bond motifs is 1. The smallest absolute Gasteiger partial charge is 0.129 e. The van der Waals surface area contributed by atoms with E-state index < -0.39 is 6.10 Å². The van der Waals surface area contributed by atoms with Crippen molar-refractivity contribution in [1.29, 1.82) is 0 Å². The predicted molar refractivity (Wildman–Crippen MR) is 81.9 cm³/mol. The number of aliphatic hydroxyl groups excluding tert-OH is 1. The Morgan fingerprint density at radius 3 is 2.67 bits per heavy atom. The molecular weight excluding hydrogens is 268 g/mol. The molecule has 1 aliphatic rings. The normalized spacial score (nSPS) is 20.6. The van der Waals surface area contributed by atoms with Crippen LogP contribution in [0.4, 0.5) is 0 Å². The highest BCUT2D eigenvalue weighted by molar-refractivity contribution is 5.43. The summed E-state index contributed by atoms with van der Waals surface area (Å²) in [4.78, 5) is 0. The van der Waals surface area contributed by atoms with Gasteiger partial charge in [0.1, 0.15) is 23.7 Å². The van der Waals surface area contributed by atoms with Gasteiger partial charge in [0.05, 0.1) is 18.3 Å². The Morgan fingerprint density at radius 1 is 1.29 bits per heavy atom. The molecule has 0 amide bonds. The third-order valence-electron chi connectivity index (χ3n) is 3.30. The van der Waals surface area contributed by atoms with E-state index in [1.807, 2.05) is 52.8 Å². The van der Waals surface area contributed by atoms with Crippen LogP contribution in [0.3, 0.4) is 0 Å². The number of benzene rings is 1. The summed E-state index contributed by atoms with van der Waals surface area (Å²) in [6.07, 6.45) is 0.113. The van der Waals surface area contributed by atoms with Gasteiger partial charge in [0.2, 0.25) is 0 Å². The minimum Gasteiger partial charge on any atom is -0.491 e. The van der Waals surface area contributed by atoms with Crippen molar-refractivity contribution in [2.45, 2.75) is 58.3 Å². The molecule has 118 valence electrons. The zero-order valence-corrected chi connectivity index (χ0v) is 13.6. The maximum atomic E-state index is 10.2. The van der Waals surface area contributed by atoms with Gasteiger partial charge in [0.25, 0.3) is 0 Å². The molecular formula is C17H26O4. The van der Waals surface area contributed by atoms with Gasteiger partial charge in [0.15, 0.2) is 0 Å². The second kappa shape index (κ2) is 5.85. The Morgan fingerprint density at radius 2 is 2.00 bits per heavy atom. The van der Waals surface area contributed by atoms with Gasteiger partial charge < -0.3 is 19.3 Å². The molecule has 1 N–H and O–H groups in total. The van der Waals surface area contributed by atoms with Crippen molar-refractivity contribution < 1.29 is 19.3 Å². The first kappa shape index (κ1) is 16.1. The molecule has 0 saturated heterocycles. The van der Waals surface area contributed by atoms with Gasteiger partial charge in [-0.15, -0.1) is 0 Å². The molecule has 0 fully saturated rings. The lowest BCUT2D eigenvalue weighted by molar-refractivity contribution is -0.0166. The molecule has 1 aromatic carbocycles. The molecule has 1 atom stereocenters. The molecule has 0 bridgehead atoms. The van der Waals surface area contributed by atoms with Crippen LogP contribution in [-0.4, -0.2) is 29.5 Å². The SMILES string of the molecule is CC(C)(C)OCCOc1ccc2c(c1)OC(C)(C)CC2O. The van der Waals surface area contributed by atoms with Gasteiger partial charge in [-0.25, -0.2) is 0 Å². The van der Waals surface area contributed by atoms with Gasteiger partial charge in [-0.2, -0.15) is 0 Å². The van der Waals surface area contributed by atoms with Crippen LogP contribution in [0.1, 0.15) is 52.7 Å².